The number of piperazine rings is 1. The Bertz CT molecular complexity index is 972. The van der Waals surface area contributed by atoms with Gasteiger partial charge in [-0.25, -0.2) is 9.69 Å². The average molecular weight is 445 g/mol. The number of thiophene rings is 1. The van der Waals surface area contributed by atoms with Crippen LogP contribution in [-0.2, 0) is 23.3 Å². The molecule has 3 aliphatic rings. The molecule has 30 heavy (non-hydrogen) atoms. The maximum Gasteiger partial charge on any atom is 0.326 e. The zero-order valence-corrected chi connectivity index (χ0v) is 18.3. The summed E-state index contributed by atoms with van der Waals surface area (Å²) in [6.45, 7) is 4.74. The Balaban J connectivity index is 1.24. The van der Waals surface area contributed by atoms with Gasteiger partial charge in [-0.05, 0) is 42.5 Å². The molecule has 158 valence electrons. The van der Waals surface area contributed by atoms with Crippen molar-refractivity contribution in [2.75, 3.05) is 32.8 Å². The third kappa shape index (κ3) is 3.54. The molecular formula is C22H25ClN4O2S. The molecule has 1 N–H and O–H groups in total. The summed E-state index contributed by atoms with van der Waals surface area (Å²) in [7, 11) is 0. The molecule has 1 atom stereocenters. The normalized spacial score (nSPS) is 25.0. The lowest BCUT2D eigenvalue weighted by Gasteiger charge is -2.36. The van der Waals surface area contributed by atoms with Gasteiger partial charge in [0, 0.05) is 37.6 Å². The minimum Gasteiger partial charge on any atom is -0.319 e. The first-order chi connectivity index (χ1) is 14.5. The largest absolute Gasteiger partial charge is 0.326 e. The van der Waals surface area contributed by atoms with Crippen LogP contribution >= 0.6 is 22.9 Å². The number of carbonyl (C=O) groups is 2. The van der Waals surface area contributed by atoms with E-state index in [1.54, 1.807) is 11.3 Å². The van der Waals surface area contributed by atoms with E-state index >= 15 is 0 Å². The minimum atomic E-state index is -0.883. The number of rotatable bonds is 4. The number of urea groups is 1. The van der Waals surface area contributed by atoms with Crippen LogP contribution in [0.2, 0.25) is 4.34 Å². The van der Waals surface area contributed by atoms with Crippen molar-refractivity contribution in [2.24, 2.45) is 0 Å². The van der Waals surface area contributed by atoms with Crippen molar-refractivity contribution in [3.8, 4) is 0 Å². The van der Waals surface area contributed by atoms with Gasteiger partial charge in [0.1, 0.15) is 5.54 Å². The van der Waals surface area contributed by atoms with E-state index in [0.29, 0.717) is 13.1 Å². The van der Waals surface area contributed by atoms with Gasteiger partial charge in [-0.1, -0.05) is 35.9 Å². The third-order valence-corrected chi connectivity index (χ3v) is 7.68. The monoisotopic (exact) mass is 444 g/mol. The Morgan fingerprint density at radius 3 is 2.57 bits per heavy atom. The van der Waals surface area contributed by atoms with Crippen LogP contribution in [0, 0.1) is 0 Å². The highest BCUT2D eigenvalue weighted by molar-refractivity contribution is 7.16. The molecule has 1 unspecified atom stereocenters. The first-order valence-corrected chi connectivity index (χ1v) is 11.7. The van der Waals surface area contributed by atoms with Gasteiger partial charge in [-0.3, -0.25) is 14.6 Å². The molecule has 2 aliphatic heterocycles. The number of benzene rings is 1. The Labute approximate surface area is 185 Å². The summed E-state index contributed by atoms with van der Waals surface area (Å²) >= 11 is 7.65. The SMILES string of the molecule is O=C1NC2(CCCc3ccccc32)C(=O)N1CN1CCN(Cc2ccc(Cl)s2)CC1. The van der Waals surface area contributed by atoms with Crippen molar-refractivity contribution in [3.05, 3.63) is 56.7 Å². The van der Waals surface area contributed by atoms with Gasteiger partial charge in [-0.2, -0.15) is 0 Å². The van der Waals surface area contributed by atoms with Crippen molar-refractivity contribution in [1.82, 2.24) is 20.0 Å². The molecule has 3 amide bonds. The molecular weight excluding hydrogens is 420 g/mol. The van der Waals surface area contributed by atoms with Gasteiger partial charge in [0.2, 0.25) is 0 Å². The average Bonchev–Trinajstić information content (AvgIpc) is 3.26. The quantitative estimate of drug-likeness (QED) is 0.735. The van der Waals surface area contributed by atoms with Crippen LogP contribution in [-0.4, -0.2) is 59.5 Å². The number of hydrogen-bond acceptors (Lipinski definition) is 5. The lowest BCUT2D eigenvalue weighted by atomic mass is 9.76. The van der Waals surface area contributed by atoms with Crippen molar-refractivity contribution < 1.29 is 9.59 Å². The summed E-state index contributed by atoms with van der Waals surface area (Å²) < 4.78 is 0.820. The molecule has 2 fully saturated rings. The lowest BCUT2D eigenvalue weighted by molar-refractivity contribution is -0.134. The number of aryl methyl sites for hydroxylation is 1. The third-order valence-electron chi connectivity index (χ3n) is 6.47. The fraction of sp³-hybridized carbons (Fsp3) is 0.455. The number of amides is 3. The maximum atomic E-state index is 13.4. The molecule has 0 radical (unpaired) electrons. The van der Waals surface area contributed by atoms with E-state index in [2.05, 4.69) is 27.2 Å². The highest BCUT2D eigenvalue weighted by Crippen LogP contribution is 2.39. The Kier molecular flexibility index (Phi) is 5.31. The molecule has 5 rings (SSSR count). The lowest BCUT2D eigenvalue weighted by Crippen LogP contribution is -2.51. The fourth-order valence-electron chi connectivity index (χ4n) is 4.89. The molecule has 1 aromatic carbocycles. The molecule has 0 bridgehead atoms. The van der Waals surface area contributed by atoms with E-state index in [4.69, 9.17) is 11.6 Å². The smallest absolute Gasteiger partial charge is 0.319 e. The van der Waals surface area contributed by atoms with Gasteiger partial charge in [0.25, 0.3) is 5.91 Å². The second kappa shape index (κ2) is 7.96. The fourth-order valence-corrected chi connectivity index (χ4v) is 6.02. The van der Waals surface area contributed by atoms with Gasteiger partial charge in [-0.15, -0.1) is 11.3 Å². The summed E-state index contributed by atoms with van der Waals surface area (Å²) in [4.78, 5) is 33.5. The molecule has 3 heterocycles. The first-order valence-electron chi connectivity index (χ1n) is 10.5. The van der Waals surface area contributed by atoms with Crippen molar-refractivity contribution >= 4 is 34.9 Å². The standard InChI is InChI=1S/C22H25ClN4O2S/c23-19-8-7-17(30-19)14-25-10-12-26(13-11-25)15-27-20(28)22(24-21(27)29)9-3-5-16-4-1-2-6-18(16)22/h1-2,4,6-8H,3,5,9-15H2,(H,24,29). The second-order valence-corrected chi connectivity index (χ2v) is 10.1. The maximum absolute atomic E-state index is 13.4. The van der Waals surface area contributed by atoms with E-state index in [9.17, 15) is 9.59 Å². The van der Waals surface area contributed by atoms with Gasteiger partial charge < -0.3 is 5.32 Å². The van der Waals surface area contributed by atoms with Crippen LogP contribution in [0.25, 0.3) is 0 Å². The van der Waals surface area contributed by atoms with Gasteiger partial charge >= 0.3 is 6.03 Å². The van der Waals surface area contributed by atoms with Crippen molar-refractivity contribution in [2.45, 2.75) is 31.3 Å². The highest BCUT2D eigenvalue weighted by atomic mass is 35.5. The van der Waals surface area contributed by atoms with Gasteiger partial charge in [0.05, 0.1) is 11.0 Å². The predicted molar refractivity (Wildman–Crippen MR) is 117 cm³/mol. The summed E-state index contributed by atoms with van der Waals surface area (Å²) in [5, 5.41) is 3.05. The van der Waals surface area contributed by atoms with E-state index in [1.807, 2.05) is 24.3 Å². The zero-order valence-electron chi connectivity index (χ0n) is 16.8. The summed E-state index contributed by atoms with van der Waals surface area (Å²) in [5.74, 6) is -0.102. The molecule has 1 aromatic heterocycles. The molecule has 8 heteroatoms. The summed E-state index contributed by atoms with van der Waals surface area (Å²) in [5.41, 5.74) is 1.25. The Hall–Kier alpha value is -1.93. The number of halogens is 1. The second-order valence-electron chi connectivity index (χ2n) is 8.32. The first kappa shape index (κ1) is 20.0. The topological polar surface area (TPSA) is 55.9 Å². The number of imide groups is 1. The predicted octanol–water partition coefficient (Wildman–Crippen LogP) is 3.26. The zero-order chi connectivity index (χ0) is 20.7. The van der Waals surface area contributed by atoms with Gasteiger partial charge in [0.15, 0.2) is 0 Å². The van der Waals surface area contributed by atoms with E-state index < -0.39 is 5.54 Å². The summed E-state index contributed by atoms with van der Waals surface area (Å²) in [6, 6.07) is 11.8. The molecule has 0 saturated carbocycles. The Morgan fingerprint density at radius 1 is 1.03 bits per heavy atom. The number of nitrogens with one attached hydrogen (secondary N) is 1. The van der Waals surface area contributed by atoms with E-state index in [1.165, 1.54) is 15.3 Å². The number of nitrogens with zero attached hydrogens (tertiary/aromatic N) is 3. The molecule has 2 saturated heterocycles. The van der Waals surface area contributed by atoms with Crippen LogP contribution in [0.1, 0.15) is 28.8 Å². The molecule has 2 aromatic rings. The molecule has 1 aliphatic carbocycles. The van der Waals surface area contributed by atoms with E-state index in [-0.39, 0.29) is 11.9 Å². The highest BCUT2D eigenvalue weighted by Gasteiger charge is 2.54. The number of fused-ring (bicyclic) bond motifs is 2. The van der Waals surface area contributed by atoms with Crippen molar-refractivity contribution in [3.63, 3.8) is 0 Å². The van der Waals surface area contributed by atoms with Crippen LogP contribution in [0.4, 0.5) is 4.79 Å². The van der Waals surface area contributed by atoms with Crippen LogP contribution in [0.3, 0.4) is 0 Å². The van der Waals surface area contributed by atoms with Crippen LogP contribution in [0.15, 0.2) is 36.4 Å². The van der Waals surface area contributed by atoms with Crippen LogP contribution in [0.5, 0.6) is 0 Å². The molecule has 1 spiro atoms. The number of hydrogen-bond donors (Lipinski definition) is 1. The van der Waals surface area contributed by atoms with E-state index in [0.717, 1.165) is 55.5 Å². The molecule has 6 nitrogen and oxygen atoms in total. The van der Waals surface area contributed by atoms with Crippen molar-refractivity contribution in [1.29, 1.82) is 0 Å². The number of carbonyl (C=O) groups excluding carboxylic acids is 2. The minimum absolute atomic E-state index is 0.102. The Morgan fingerprint density at radius 2 is 1.80 bits per heavy atom. The summed E-state index contributed by atoms with van der Waals surface area (Å²) in [6.07, 6.45) is 2.53. The van der Waals surface area contributed by atoms with Crippen LogP contribution < -0.4 is 5.32 Å².